The summed E-state index contributed by atoms with van der Waals surface area (Å²) in [5.74, 6) is -0.399. The largest absolute Gasteiger partial charge is 0.442 e. The van der Waals surface area contributed by atoms with Gasteiger partial charge in [-0.05, 0) is 25.1 Å². The van der Waals surface area contributed by atoms with Gasteiger partial charge in [-0.1, -0.05) is 6.07 Å². The highest BCUT2D eigenvalue weighted by Gasteiger charge is 2.09. The van der Waals surface area contributed by atoms with Crippen LogP contribution in [-0.4, -0.2) is 26.9 Å². The molecule has 0 fully saturated rings. The van der Waals surface area contributed by atoms with Crippen LogP contribution in [0.4, 0.5) is 5.69 Å². The lowest BCUT2D eigenvalue weighted by atomic mass is 10.3. The molecular formula is C11H15NO4S. The fourth-order valence-electron chi connectivity index (χ4n) is 1.33. The number of hydrogen-bond acceptors (Lipinski definition) is 5. The van der Waals surface area contributed by atoms with Crippen molar-refractivity contribution in [3.05, 3.63) is 24.3 Å². The van der Waals surface area contributed by atoms with Crippen LogP contribution in [-0.2, 0) is 19.4 Å². The van der Waals surface area contributed by atoms with Gasteiger partial charge in [-0.3, -0.25) is 4.79 Å². The number of nitrogens with one attached hydrogen (secondary N) is 1. The van der Waals surface area contributed by atoms with E-state index in [0.29, 0.717) is 5.69 Å². The zero-order chi connectivity index (χ0) is 13.1. The average Bonchev–Trinajstić information content (AvgIpc) is 2.15. The summed E-state index contributed by atoms with van der Waals surface area (Å²) >= 11 is 0. The van der Waals surface area contributed by atoms with E-state index < -0.39 is 22.0 Å². The second kappa shape index (κ2) is 5.18. The van der Waals surface area contributed by atoms with Crippen molar-refractivity contribution in [2.24, 2.45) is 0 Å². The van der Waals surface area contributed by atoms with Crippen LogP contribution in [0.1, 0.15) is 13.8 Å². The molecule has 1 aromatic rings. The monoisotopic (exact) mass is 257 g/mol. The second-order valence-electron chi connectivity index (χ2n) is 3.70. The summed E-state index contributed by atoms with van der Waals surface area (Å²) in [6.07, 6.45) is 0.629. The maximum absolute atomic E-state index is 11.3. The first-order valence-corrected chi connectivity index (χ1v) is 6.92. The van der Waals surface area contributed by atoms with E-state index in [9.17, 15) is 13.2 Å². The van der Waals surface area contributed by atoms with E-state index >= 15 is 0 Å². The molecule has 0 bridgehead atoms. The third kappa shape index (κ3) is 4.44. The Morgan fingerprint density at radius 3 is 2.59 bits per heavy atom. The van der Waals surface area contributed by atoms with Crippen molar-refractivity contribution in [1.82, 2.24) is 0 Å². The van der Waals surface area contributed by atoms with Crippen LogP contribution in [0.15, 0.2) is 29.2 Å². The van der Waals surface area contributed by atoms with Crippen LogP contribution in [0.2, 0.25) is 0 Å². The van der Waals surface area contributed by atoms with E-state index in [-0.39, 0.29) is 4.90 Å². The minimum Gasteiger partial charge on any atom is -0.442 e. The molecule has 1 atom stereocenters. The zero-order valence-electron chi connectivity index (χ0n) is 9.93. The summed E-state index contributed by atoms with van der Waals surface area (Å²) < 4.78 is 27.6. The van der Waals surface area contributed by atoms with Crippen molar-refractivity contribution in [2.45, 2.75) is 25.0 Å². The van der Waals surface area contributed by atoms with Gasteiger partial charge in [-0.2, -0.15) is 0 Å². The average molecular weight is 257 g/mol. The normalized spacial score (nSPS) is 12.9. The van der Waals surface area contributed by atoms with Crippen molar-refractivity contribution in [2.75, 3.05) is 11.6 Å². The first kappa shape index (κ1) is 13.5. The number of anilines is 1. The first-order valence-electron chi connectivity index (χ1n) is 5.03. The minimum absolute atomic E-state index is 0.220. The lowest BCUT2D eigenvalue weighted by molar-refractivity contribution is -0.144. The van der Waals surface area contributed by atoms with E-state index in [1.165, 1.54) is 19.1 Å². The fourth-order valence-corrected chi connectivity index (χ4v) is 2.00. The van der Waals surface area contributed by atoms with Crippen molar-refractivity contribution in [1.29, 1.82) is 0 Å². The molecule has 17 heavy (non-hydrogen) atoms. The molecule has 1 aromatic carbocycles. The Morgan fingerprint density at radius 1 is 1.41 bits per heavy atom. The van der Waals surface area contributed by atoms with Crippen molar-refractivity contribution < 1.29 is 17.9 Å². The molecule has 0 saturated heterocycles. The number of sulfone groups is 1. The number of hydrogen-bond donors (Lipinski definition) is 1. The lowest BCUT2D eigenvalue weighted by Crippen LogP contribution is -2.21. The molecular weight excluding hydrogens is 242 g/mol. The van der Waals surface area contributed by atoms with E-state index in [4.69, 9.17) is 4.74 Å². The molecule has 0 aliphatic heterocycles. The van der Waals surface area contributed by atoms with E-state index in [2.05, 4.69) is 5.32 Å². The molecule has 1 N–H and O–H groups in total. The molecule has 0 radical (unpaired) electrons. The van der Waals surface area contributed by atoms with E-state index in [1.54, 1.807) is 19.1 Å². The molecule has 94 valence electrons. The lowest BCUT2D eigenvalue weighted by Gasteiger charge is -2.15. The van der Waals surface area contributed by atoms with Gasteiger partial charge in [0.15, 0.2) is 16.1 Å². The van der Waals surface area contributed by atoms with Gasteiger partial charge >= 0.3 is 5.97 Å². The van der Waals surface area contributed by atoms with E-state index in [0.717, 1.165) is 6.26 Å². The minimum atomic E-state index is -3.23. The predicted octanol–water partition coefficient (Wildman–Crippen LogP) is 1.41. The zero-order valence-corrected chi connectivity index (χ0v) is 10.7. The van der Waals surface area contributed by atoms with Crippen LogP contribution < -0.4 is 5.32 Å². The van der Waals surface area contributed by atoms with Crippen LogP contribution in [0, 0.1) is 0 Å². The molecule has 0 aliphatic rings. The maximum atomic E-state index is 11.3. The molecule has 0 heterocycles. The van der Waals surface area contributed by atoms with Gasteiger partial charge in [0.2, 0.25) is 0 Å². The summed E-state index contributed by atoms with van der Waals surface area (Å²) in [6, 6.07) is 6.33. The quantitative estimate of drug-likeness (QED) is 0.652. The van der Waals surface area contributed by atoms with E-state index in [1.807, 2.05) is 0 Å². The summed E-state index contributed by atoms with van der Waals surface area (Å²) in [6.45, 7) is 2.97. The predicted molar refractivity (Wildman–Crippen MR) is 64.4 cm³/mol. The van der Waals surface area contributed by atoms with Crippen LogP contribution in [0.25, 0.3) is 0 Å². The van der Waals surface area contributed by atoms with Gasteiger partial charge in [-0.15, -0.1) is 0 Å². The molecule has 0 aromatic heterocycles. The smallest absolute Gasteiger partial charge is 0.304 e. The Morgan fingerprint density at radius 2 is 2.06 bits per heavy atom. The summed E-state index contributed by atoms with van der Waals surface area (Å²) in [5.41, 5.74) is 0.585. The molecule has 0 amide bonds. The van der Waals surface area contributed by atoms with Crippen LogP contribution >= 0.6 is 0 Å². The Labute approximate surface area is 101 Å². The topological polar surface area (TPSA) is 72.5 Å². The van der Waals surface area contributed by atoms with Crippen LogP contribution in [0.5, 0.6) is 0 Å². The third-order valence-electron chi connectivity index (χ3n) is 1.97. The number of rotatable bonds is 4. The number of benzene rings is 1. The molecule has 1 unspecified atom stereocenters. The number of esters is 1. The standard InChI is InChI=1S/C11H15NO4S/c1-8(16-9(2)13)12-10-5-4-6-11(7-10)17(3,14)15/h4-8,12H,1-3H3. The molecule has 5 nitrogen and oxygen atoms in total. The molecule has 0 aliphatic carbocycles. The molecule has 1 rings (SSSR count). The molecule has 0 saturated carbocycles. The summed E-state index contributed by atoms with van der Waals surface area (Å²) in [4.78, 5) is 10.9. The highest BCUT2D eigenvalue weighted by atomic mass is 32.2. The van der Waals surface area contributed by atoms with Gasteiger partial charge in [0.05, 0.1) is 4.90 Å². The van der Waals surface area contributed by atoms with Gasteiger partial charge in [0.1, 0.15) is 0 Å². The van der Waals surface area contributed by atoms with Gasteiger partial charge in [0.25, 0.3) is 0 Å². The third-order valence-corrected chi connectivity index (χ3v) is 3.09. The second-order valence-corrected chi connectivity index (χ2v) is 5.71. The van der Waals surface area contributed by atoms with Crippen molar-refractivity contribution in [3.8, 4) is 0 Å². The number of carbonyl (C=O) groups is 1. The number of carbonyl (C=O) groups excluding carboxylic acids is 1. The van der Waals surface area contributed by atoms with Crippen molar-refractivity contribution in [3.63, 3.8) is 0 Å². The highest BCUT2D eigenvalue weighted by Crippen LogP contribution is 2.16. The maximum Gasteiger partial charge on any atom is 0.304 e. The Bertz CT molecular complexity index is 510. The van der Waals surface area contributed by atoms with Crippen LogP contribution in [0.3, 0.4) is 0 Å². The Hall–Kier alpha value is -1.56. The van der Waals surface area contributed by atoms with Gasteiger partial charge in [0, 0.05) is 18.9 Å². The Kier molecular flexibility index (Phi) is 4.11. The van der Waals surface area contributed by atoms with Gasteiger partial charge in [-0.25, -0.2) is 8.42 Å². The summed E-state index contributed by atoms with van der Waals surface area (Å²) in [5, 5.41) is 2.88. The first-order chi connectivity index (χ1) is 7.79. The van der Waals surface area contributed by atoms with Crippen molar-refractivity contribution >= 4 is 21.5 Å². The Balaban J connectivity index is 2.83. The highest BCUT2D eigenvalue weighted by molar-refractivity contribution is 7.90. The fraction of sp³-hybridized carbons (Fsp3) is 0.364. The SMILES string of the molecule is CC(=O)OC(C)Nc1cccc(S(C)(=O)=O)c1. The molecule has 0 spiro atoms. The summed E-state index contributed by atoms with van der Waals surface area (Å²) in [7, 11) is -3.23. The van der Waals surface area contributed by atoms with Gasteiger partial charge < -0.3 is 10.1 Å². The number of ether oxygens (including phenoxy) is 1. The molecule has 6 heteroatoms.